The molecule has 0 aliphatic heterocycles. The van der Waals surface area contributed by atoms with E-state index in [2.05, 4.69) is 9.71 Å². The highest BCUT2D eigenvalue weighted by atomic mass is 32.2. The third-order valence-corrected chi connectivity index (χ3v) is 4.63. The Morgan fingerprint density at radius 3 is 2.81 bits per heavy atom. The number of carbonyl (C=O) groups excluding carboxylic acids is 1. The number of anilines is 1. The number of nitrogens with two attached hydrogens (primary N) is 1. The minimum atomic E-state index is -3.70. The third-order valence-electron chi connectivity index (χ3n) is 2.48. The minimum absolute atomic E-state index is 0.0848. The molecule has 1 aromatic carbocycles. The fourth-order valence-corrected chi connectivity index (χ4v) is 3.42. The van der Waals surface area contributed by atoms with Crippen molar-refractivity contribution in [2.75, 3.05) is 11.3 Å². The standard InChI is InChI=1S/C12H13N3O4S2/c1-8-6-9(2-3-10(8)19-7-11(13)16)21(17,18)15-12-14-4-5-20-12/h2-6H,7H2,1H3,(H2,13,16)(H,14,15). The first kappa shape index (κ1) is 15.3. The molecule has 1 amide bonds. The molecule has 0 fully saturated rings. The highest BCUT2D eigenvalue weighted by Gasteiger charge is 2.17. The van der Waals surface area contributed by atoms with Crippen LogP contribution in [0.4, 0.5) is 5.13 Å². The molecule has 9 heteroatoms. The lowest BCUT2D eigenvalue weighted by Gasteiger charge is -2.10. The van der Waals surface area contributed by atoms with Crippen LogP contribution in [0.3, 0.4) is 0 Å². The molecule has 21 heavy (non-hydrogen) atoms. The number of hydrogen-bond donors (Lipinski definition) is 2. The van der Waals surface area contributed by atoms with Crippen molar-refractivity contribution in [2.24, 2.45) is 5.73 Å². The maximum absolute atomic E-state index is 12.2. The van der Waals surface area contributed by atoms with Gasteiger partial charge in [0.25, 0.3) is 15.9 Å². The lowest BCUT2D eigenvalue weighted by atomic mass is 10.2. The van der Waals surface area contributed by atoms with Gasteiger partial charge in [-0.15, -0.1) is 11.3 Å². The molecule has 1 heterocycles. The van der Waals surface area contributed by atoms with Gasteiger partial charge in [0.15, 0.2) is 11.7 Å². The molecule has 0 bridgehead atoms. The molecule has 2 aromatic rings. The Morgan fingerprint density at radius 2 is 2.24 bits per heavy atom. The number of sulfonamides is 1. The summed E-state index contributed by atoms with van der Waals surface area (Å²) in [6, 6.07) is 4.32. The molecule has 7 nitrogen and oxygen atoms in total. The van der Waals surface area contributed by atoms with Crippen molar-refractivity contribution >= 4 is 32.4 Å². The molecule has 0 spiro atoms. The lowest BCUT2D eigenvalue weighted by Crippen LogP contribution is -2.20. The van der Waals surface area contributed by atoms with Crippen molar-refractivity contribution in [1.29, 1.82) is 0 Å². The maximum Gasteiger partial charge on any atom is 0.263 e. The van der Waals surface area contributed by atoms with E-state index in [1.54, 1.807) is 12.3 Å². The second-order valence-electron chi connectivity index (χ2n) is 4.13. The molecule has 1 aromatic heterocycles. The number of aromatic nitrogens is 1. The smallest absolute Gasteiger partial charge is 0.263 e. The molecule has 3 N–H and O–H groups in total. The number of rotatable bonds is 6. The summed E-state index contributed by atoms with van der Waals surface area (Å²) in [5, 5.41) is 1.96. The van der Waals surface area contributed by atoms with Crippen LogP contribution in [-0.2, 0) is 14.8 Å². The topological polar surface area (TPSA) is 111 Å². The van der Waals surface area contributed by atoms with Crippen molar-refractivity contribution in [3.63, 3.8) is 0 Å². The summed E-state index contributed by atoms with van der Waals surface area (Å²) in [5.74, 6) is -0.196. The van der Waals surface area contributed by atoms with Crippen LogP contribution in [0, 0.1) is 6.92 Å². The van der Waals surface area contributed by atoms with Crippen LogP contribution in [0.5, 0.6) is 5.75 Å². The average Bonchev–Trinajstić information content (AvgIpc) is 2.89. The van der Waals surface area contributed by atoms with Crippen LogP contribution in [0.2, 0.25) is 0 Å². The van der Waals surface area contributed by atoms with Gasteiger partial charge in [0, 0.05) is 11.6 Å². The molecule has 0 aliphatic rings. The average molecular weight is 327 g/mol. The first-order valence-electron chi connectivity index (χ1n) is 5.82. The Kier molecular flexibility index (Phi) is 4.43. The first-order chi connectivity index (χ1) is 9.88. The van der Waals surface area contributed by atoms with E-state index in [-0.39, 0.29) is 11.5 Å². The lowest BCUT2D eigenvalue weighted by molar-refractivity contribution is -0.119. The Morgan fingerprint density at radius 1 is 1.48 bits per heavy atom. The van der Waals surface area contributed by atoms with Gasteiger partial charge < -0.3 is 10.5 Å². The van der Waals surface area contributed by atoms with Crippen LogP contribution in [0.1, 0.15) is 5.56 Å². The van der Waals surface area contributed by atoms with Gasteiger partial charge >= 0.3 is 0 Å². The second-order valence-corrected chi connectivity index (χ2v) is 6.70. The normalized spacial score (nSPS) is 11.1. The number of amides is 1. The van der Waals surface area contributed by atoms with E-state index < -0.39 is 15.9 Å². The van der Waals surface area contributed by atoms with Crippen LogP contribution in [0.25, 0.3) is 0 Å². The largest absolute Gasteiger partial charge is 0.484 e. The predicted molar refractivity (Wildman–Crippen MR) is 78.8 cm³/mol. The number of primary amides is 1. The van der Waals surface area contributed by atoms with Crippen molar-refractivity contribution < 1.29 is 17.9 Å². The summed E-state index contributed by atoms with van der Waals surface area (Å²) < 4.78 is 31.9. The number of hydrogen-bond acceptors (Lipinski definition) is 6. The number of thiazole rings is 1. The number of nitrogens with zero attached hydrogens (tertiary/aromatic N) is 1. The van der Waals surface area contributed by atoms with Crippen LogP contribution >= 0.6 is 11.3 Å². The number of benzene rings is 1. The molecular weight excluding hydrogens is 314 g/mol. The molecule has 2 rings (SSSR count). The second kappa shape index (κ2) is 6.10. The SMILES string of the molecule is Cc1cc(S(=O)(=O)Nc2nccs2)ccc1OCC(N)=O. The summed E-state index contributed by atoms with van der Waals surface area (Å²) in [5.41, 5.74) is 5.57. The Balaban J connectivity index is 2.20. The molecule has 0 saturated carbocycles. The van der Waals surface area contributed by atoms with Crippen LogP contribution in [-0.4, -0.2) is 25.9 Å². The first-order valence-corrected chi connectivity index (χ1v) is 8.19. The third kappa shape index (κ3) is 3.92. The van der Waals surface area contributed by atoms with E-state index in [1.165, 1.54) is 35.7 Å². The summed E-state index contributed by atoms with van der Waals surface area (Å²) in [6.07, 6.45) is 1.51. The summed E-state index contributed by atoms with van der Waals surface area (Å²) >= 11 is 1.19. The van der Waals surface area contributed by atoms with Gasteiger partial charge in [-0.3, -0.25) is 9.52 Å². The van der Waals surface area contributed by atoms with Crippen molar-refractivity contribution in [1.82, 2.24) is 4.98 Å². The minimum Gasteiger partial charge on any atom is -0.484 e. The molecule has 0 atom stereocenters. The van der Waals surface area contributed by atoms with Gasteiger partial charge in [-0.25, -0.2) is 13.4 Å². The van der Waals surface area contributed by atoms with E-state index in [1.807, 2.05) is 0 Å². The summed E-state index contributed by atoms with van der Waals surface area (Å²) in [7, 11) is -3.70. The van der Waals surface area contributed by atoms with Crippen LogP contribution in [0.15, 0.2) is 34.7 Å². The molecule has 0 unspecified atom stereocenters. The summed E-state index contributed by atoms with van der Waals surface area (Å²) in [4.78, 5) is 14.6. The zero-order valence-corrected chi connectivity index (χ0v) is 12.7. The van der Waals surface area contributed by atoms with E-state index in [4.69, 9.17) is 10.5 Å². The van der Waals surface area contributed by atoms with Gasteiger partial charge in [-0.1, -0.05) is 0 Å². The fraction of sp³-hybridized carbons (Fsp3) is 0.167. The zero-order chi connectivity index (χ0) is 15.5. The number of nitrogens with one attached hydrogen (secondary N) is 1. The molecule has 112 valence electrons. The highest BCUT2D eigenvalue weighted by Crippen LogP contribution is 2.24. The van der Waals surface area contributed by atoms with E-state index >= 15 is 0 Å². The maximum atomic E-state index is 12.2. The summed E-state index contributed by atoms with van der Waals surface area (Å²) in [6.45, 7) is 1.42. The number of aryl methyl sites for hydroxylation is 1. The quantitative estimate of drug-likeness (QED) is 0.825. The van der Waals surface area contributed by atoms with Crippen LogP contribution < -0.4 is 15.2 Å². The highest BCUT2D eigenvalue weighted by molar-refractivity contribution is 7.93. The van der Waals surface area contributed by atoms with Crippen molar-refractivity contribution in [3.8, 4) is 5.75 Å². The van der Waals surface area contributed by atoms with Gasteiger partial charge in [0.2, 0.25) is 0 Å². The predicted octanol–water partition coefficient (Wildman–Crippen LogP) is 1.12. The Hall–Kier alpha value is -2.13. The van der Waals surface area contributed by atoms with Gasteiger partial charge in [-0.05, 0) is 30.7 Å². The van der Waals surface area contributed by atoms with Crippen molar-refractivity contribution in [2.45, 2.75) is 11.8 Å². The van der Waals surface area contributed by atoms with E-state index in [9.17, 15) is 13.2 Å². The molecule has 0 aliphatic carbocycles. The molecule has 0 saturated heterocycles. The Bertz CT molecular complexity index is 742. The molecular formula is C12H13N3O4S2. The van der Waals surface area contributed by atoms with E-state index in [0.717, 1.165) is 0 Å². The fourth-order valence-electron chi connectivity index (χ4n) is 1.55. The number of carbonyl (C=O) groups is 1. The van der Waals surface area contributed by atoms with E-state index in [0.29, 0.717) is 16.4 Å². The zero-order valence-electron chi connectivity index (χ0n) is 11.1. The van der Waals surface area contributed by atoms with Crippen molar-refractivity contribution in [3.05, 3.63) is 35.3 Å². The van der Waals surface area contributed by atoms with Gasteiger partial charge in [0.1, 0.15) is 5.75 Å². The Labute approximate surface area is 125 Å². The number of ether oxygens (including phenoxy) is 1. The van der Waals surface area contributed by atoms with Gasteiger partial charge in [-0.2, -0.15) is 0 Å². The monoisotopic (exact) mass is 327 g/mol. The molecule has 0 radical (unpaired) electrons. The van der Waals surface area contributed by atoms with Gasteiger partial charge in [0.05, 0.1) is 4.90 Å².